The summed E-state index contributed by atoms with van der Waals surface area (Å²) in [6.45, 7) is 2.07. The average molecular weight is 444 g/mol. The second-order valence-electron chi connectivity index (χ2n) is 6.93. The molecule has 2 aromatic carbocycles. The van der Waals surface area contributed by atoms with E-state index < -0.39 is 0 Å². The van der Waals surface area contributed by atoms with Gasteiger partial charge >= 0.3 is 0 Å². The van der Waals surface area contributed by atoms with Crippen LogP contribution in [0, 0.1) is 6.92 Å². The lowest BCUT2D eigenvalue weighted by Gasteiger charge is -2.09. The van der Waals surface area contributed by atoms with Crippen LogP contribution in [0.1, 0.15) is 15.2 Å². The highest BCUT2D eigenvalue weighted by Crippen LogP contribution is 2.39. The molecule has 0 aliphatic carbocycles. The molecule has 5 nitrogen and oxygen atoms in total. The highest BCUT2D eigenvalue weighted by Gasteiger charge is 2.15. The normalized spacial score (nSPS) is 10.9. The van der Waals surface area contributed by atoms with Gasteiger partial charge in [-0.15, -0.1) is 22.7 Å². The largest absolute Gasteiger partial charge is 0.438 e. The molecule has 7 heteroatoms. The third-order valence-corrected chi connectivity index (χ3v) is 6.52. The zero-order valence-corrected chi connectivity index (χ0v) is 18.2. The number of hydrogen-bond donors (Lipinski definition) is 1. The van der Waals surface area contributed by atoms with Crippen LogP contribution < -0.4 is 10.1 Å². The van der Waals surface area contributed by atoms with Gasteiger partial charge in [-0.05, 0) is 48.2 Å². The standard InChI is InChI=1S/C24H17N3O2S2/c1-15-4-6-16(7-5-15)19-13-31-24-21(19)23(25-14-26-24)29-18-10-8-17(9-11-18)27-22(28)20-3-2-12-30-20/h2-14H,1H3,(H,27,28). The van der Waals surface area contributed by atoms with Gasteiger partial charge in [0.1, 0.15) is 16.9 Å². The summed E-state index contributed by atoms with van der Waals surface area (Å²) in [7, 11) is 0. The van der Waals surface area contributed by atoms with Crippen LogP contribution in [0.2, 0.25) is 0 Å². The molecular weight excluding hydrogens is 426 g/mol. The number of fused-ring (bicyclic) bond motifs is 1. The number of hydrogen-bond acceptors (Lipinski definition) is 6. The molecule has 31 heavy (non-hydrogen) atoms. The predicted octanol–water partition coefficient (Wildman–Crippen LogP) is 6.77. The number of ether oxygens (including phenoxy) is 1. The minimum absolute atomic E-state index is 0.123. The molecule has 0 aliphatic rings. The molecule has 1 amide bonds. The Morgan fingerprint density at radius 3 is 2.52 bits per heavy atom. The Kier molecular flexibility index (Phi) is 5.19. The van der Waals surface area contributed by atoms with Gasteiger partial charge in [-0.1, -0.05) is 35.9 Å². The third-order valence-electron chi connectivity index (χ3n) is 4.77. The van der Waals surface area contributed by atoms with E-state index in [9.17, 15) is 4.79 Å². The van der Waals surface area contributed by atoms with Gasteiger partial charge in [0.15, 0.2) is 0 Å². The van der Waals surface area contributed by atoms with Crippen molar-refractivity contribution in [1.29, 1.82) is 0 Å². The molecular formula is C24H17N3O2S2. The summed E-state index contributed by atoms with van der Waals surface area (Å²) in [6.07, 6.45) is 1.52. The summed E-state index contributed by atoms with van der Waals surface area (Å²) in [5.41, 5.74) is 4.07. The molecule has 3 aromatic heterocycles. The van der Waals surface area contributed by atoms with Crippen LogP contribution in [0.15, 0.2) is 77.8 Å². The Balaban J connectivity index is 1.41. The molecule has 0 fully saturated rings. The molecule has 5 rings (SSSR count). The lowest BCUT2D eigenvalue weighted by atomic mass is 10.0. The van der Waals surface area contributed by atoms with Crippen molar-refractivity contribution in [2.24, 2.45) is 0 Å². The number of nitrogens with one attached hydrogen (secondary N) is 1. The van der Waals surface area contributed by atoms with E-state index in [1.165, 1.54) is 23.2 Å². The highest BCUT2D eigenvalue weighted by atomic mass is 32.1. The van der Waals surface area contributed by atoms with Gasteiger partial charge in [-0.2, -0.15) is 0 Å². The zero-order chi connectivity index (χ0) is 21.2. The Labute approximate surface area is 187 Å². The summed E-state index contributed by atoms with van der Waals surface area (Å²) in [5, 5.41) is 7.74. The molecule has 5 aromatic rings. The van der Waals surface area contributed by atoms with Gasteiger partial charge < -0.3 is 10.1 Å². The molecule has 0 bridgehead atoms. The first kappa shape index (κ1) is 19.4. The van der Waals surface area contributed by atoms with Crippen LogP contribution in [0.5, 0.6) is 11.6 Å². The number of thiophene rings is 2. The van der Waals surface area contributed by atoms with Crippen molar-refractivity contribution in [3.8, 4) is 22.8 Å². The number of anilines is 1. The van der Waals surface area contributed by atoms with Crippen LogP contribution in [0.3, 0.4) is 0 Å². The zero-order valence-electron chi connectivity index (χ0n) is 16.5. The van der Waals surface area contributed by atoms with E-state index in [2.05, 4.69) is 51.9 Å². The minimum Gasteiger partial charge on any atom is -0.438 e. The fourth-order valence-corrected chi connectivity index (χ4v) is 4.71. The third kappa shape index (κ3) is 4.05. The second-order valence-corrected chi connectivity index (χ2v) is 8.74. The maximum atomic E-state index is 12.2. The minimum atomic E-state index is -0.123. The van der Waals surface area contributed by atoms with E-state index in [1.54, 1.807) is 17.4 Å². The van der Waals surface area contributed by atoms with Gasteiger partial charge in [0, 0.05) is 16.6 Å². The van der Waals surface area contributed by atoms with Crippen LogP contribution in [0.4, 0.5) is 5.69 Å². The van der Waals surface area contributed by atoms with E-state index in [4.69, 9.17) is 4.74 Å². The molecule has 0 aliphatic heterocycles. The number of carbonyl (C=O) groups excluding carboxylic acids is 1. The summed E-state index contributed by atoms with van der Waals surface area (Å²) in [4.78, 5) is 22.5. The quantitative estimate of drug-likeness (QED) is 0.325. The van der Waals surface area contributed by atoms with E-state index in [0.717, 1.165) is 21.3 Å². The maximum Gasteiger partial charge on any atom is 0.265 e. The maximum absolute atomic E-state index is 12.2. The SMILES string of the molecule is Cc1ccc(-c2csc3ncnc(Oc4ccc(NC(=O)c5cccs5)cc4)c23)cc1. The number of amides is 1. The molecule has 152 valence electrons. The van der Waals surface area contributed by atoms with E-state index in [0.29, 0.717) is 22.2 Å². The van der Waals surface area contributed by atoms with Crippen LogP contribution in [-0.2, 0) is 0 Å². The van der Waals surface area contributed by atoms with Crippen molar-refractivity contribution in [3.63, 3.8) is 0 Å². The Morgan fingerprint density at radius 2 is 1.77 bits per heavy atom. The van der Waals surface area contributed by atoms with Crippen molar-refractivity contribution >= 4 is 44.5 Å². The molecule has 1 N–H and O–H groups in total. The van der Waals surface area contributed by atoms with Crippen molar-refractivity contribution in [3.05, 3.63) is 88.2 Å². The lowest BCUT2D eigenvalue weighted by molar-refractivity contribution is 0.103. The first-order valence-electron chi connectivity index (χ1n) is 9.59. The van der Waals surface area contributed by atoms with Crippen LogP contribution in [0.25, 0.3) is 21.3 Å². The van der Waals surface area contributed by atoms with E-state index in [-0.39, 0.29) is 5.91 Å². The van der Waals surface area contributed by atoms with Crippen LogP contribution >= 0.6 is 22.7 Å². The topological polar surface area (TPSA) is 64.1 Å². The molecule has 0 radical (unpaired) electrons. The lowest BCUT2D eigenvalue weighted by Crippen LogP contribution is -2.09. The molecule has 0 atom stereocenters. The number of benzene rings is 2. The van der Waals surface area contributed by atoms with Gasteiger partial charge in [-0.25, -0.2) is 9.97 Å². The van der Waals surface area contributed by atoms with Gasteiger partial charge in [0.2, 0.25) is 5.88 Å². The molecule has 0 saturated heterocycles. The highest BCUT2D eigenvalue weighted by molar-refractivity contribution is 7.17. The smallest absolute Gasteiger partial charge is 0.265 e. The van der Waals surface area contributed by atoms with Crippen molar-refractivity contribution < 1.29 is 9.53 Å². The summed E-state index contributed by atoms with van der Waals surface area (Å²) in [6, 6.07) is 19.3. The molecule has 0 saturated carbocycles. The number of rotatable bonds is 5. The van der Waals surface area contributed by atoms with Gasteiger partial charge in [0.25, 0.3) is 5.91 Å². The number of carbonyl (C=O) groups is 1. The summed E-state index contributed by atoms with van der Waals surface area (Å²) >= 11 is 2.98. The summed E-state index contributed by atoms with van der Waals surface area (Å²) < 4.78 is 6.11. The molecule has 0 spiro atoms. The monoisotopic (exact) mass is 443 g/mol. The van der Waals surface area contributed by atoms with E-state index in [1.807, 2.05) is 35.7 Å². The van der Waals surface area contributed by atoms with E-state index >= 15 is 0 Å². The molecule has 3 heterocycles. The van der Waals surface area contributed by atoms with Crippen molar-refractivity contribution in [2.75, 3.05) is 5.32 Å². The number of aromatic nitrogens is 2. The second kappa shape index (κ2) is 8.29. The Bertz CT molecular complexity index is 1340. The predicted molar refractivity (Wildman–Crippen MR) is 126 cm³/mol. The van der Waals surface area contributed by atoms with Gasteiger partial charge in [0.05, 0.1) is 10.3 Å². The first-order chi connectivity index (χ1) is 15.2. The fraction of sp³-hybridized carbons (Fsp3) is 0.0417. The Hall–Kier alpha value is -3.55. The Morgan fingerprint density at radius 1 is 0.968 bits per heavy atom. The number of aryl methyl sites for hydroxylation is 1. The van der Waals surface area contributed by atoms with Crippen molar-refractivity contribution in [1.82, 2.24) is 9.97 Å². The number of nitrogens with zero attached hydrogens (tertiary/aromatic N) is 2. The first-order valence-corrected chi connectivity index (χ1v) is 11.4. The average Bonchev–Trinajstić information content (AvgIpc) is 3.47. The van der Waals surface area contributed by atoms with Crippen LogP contribution in [-0.4, -0.2) is 15.9 Å². The van der Waals surface area contributed by atoms with Crippen molar-refractivity contribution in [2.45, 2.75) is 6.92 Å². The van der Waals surface area contributed by atoms with Gasteiger partial charge in [-0.3, -0.25) is 4.79 Å². The molecule has 0 unspecified atom stereocenters. The summed E-state index contributed by atoms with van der Waals surface area (Å²) in [5.74, 6) is 1.02. The fourth-order valence-electron chi connectivity index (χ4n) is 3.19.